The Kier molecular flexibility index (Phi) is 8.72. The van der Waals surface area contributed by atoms with Crippen molar-refractivity contribution in [3.63, 3.8) is 0 Å². The Bertz CT molecular complexity index is 186. The van der Waals surface area contributed by atoms with Gasteiger partial charge in [0.1, 0.15) is 0 Å². The van der Waals surface area contributed by atoms with E-state index in [0.29, 0.717) is 6.42 Å². The zero-order chi connectivity index (χ0) is 13.4. The van der Waals surface area contributed by atoms with E-state index in [4.69, 9.17) is 5.11 Å². The molecule has 0 rings (SSSR count). The number of aliphatic hydroxyl groups excluding tert-OH is 5. The van der Waals surface area contributed by atoms with Crippen LogP contribution in [0.4, 0.5) is 0 Å². The first-order valence-corrected chi connectivity index (χ1v) is 6.25. The normalized spacial score (nSPS) is 20.6. The summed E-state index contributed by atoms with van der Waals surface area (Å²) in [6.45, 7) is 3.39. The molecular formula is C12H26O5. The van der Waals surface area contributed by atoms with E-state index >= 15 is 0 Å². The molecule has 17 heavy (non-hydrogen) atoms. The minimum absolute atomic E-state index is 0.129. The van der Waals surface area contributed by atoms with E-state index in [1.165, 1.54) is 0 Å². The highest BCUT2D eigenvalue weighted by molar-refractivity contribution is 4.71. The summed E-state index contributed by atoms with van der Waals surface area (Å²) in [5, 5.41) is 47.0. The summed E-state index contributed by atoms with van der Waals surface area (Å²) in [6.07, 6.45) is -2.24. The average molecular weight is 250 g/mol. The summed E-state index contributed by atoms with van der Waals surface area (Å²) < 4.78 is 0. The average Bonchev–Trinajstić information content (AvgIpc) is 2.14. The van der Waals surface area contributed by atoms with Crippen molar-refractivity contribution in [2.75, 3.05) is 0 Å². The van der Waals surface area contributed by atoms with Crippen LogP contribution in [0.2, 0.25) is 0 Å². The number of hydrogen-bond donors (Lipinski definition) is 5. The van der Waals surface area contributed by atoms with Crippen LogP contribution < -0.4 is 0 Å². The maximum absolute atomic E-state index is 9.61. The van der Waals surface area contributed by atoms with Gasteiger partial charge in [-0.1, -0.05) is 6.92 Å². The van der Waals surface area contributed by atoms with Gasteiger partial charge in [0, 0.05) is 0 Å². The van der Waals surface area contributed by atoms with Gasteiger partial charge in [0.15, 0.2) is 0 Å². The SMILES string of the molecule is CCC(O)CC(O)CC(O)CC(O)CC(C)O. The van der Waals surface area contributed by atoms with Crippen molar-refractivity contribution in [3.8, 4) is 0 Å². The Hall–Kier alpha value is -0.200. The molecule has 0 bridgehead atoms. The molecule has 0 spiro atoms. The van der Waals surface area contributed by atoms with Crippen LogP contribution in [0.3, 0.4) is 0 Å². The van der Waals surface area contributed by atoms with Crippen LogP contribution in [0.15, 0.2) is 0 Å². The van der Waals surface area contributed by atoms with E-state index in [-0.39, 0.29) is 25.7 Å². The molecule has 0 aliphatic carbocycles. The molecule has 0 saturated heterocycles. The lowest BCUT2D eigenvalue weighted by atomic mass is 9.99. The van der Waals surface area contributed by atoms with Gasteiger partial charge < -0.3 is 25.5 Å². The Labute approximate surface area is 103 Å². The highest BCUT2D eigenvalue weighted by atomic mass is 16.3. The molecule has 0 aromatic carbocycles. The minimum atomic E-state index is -0.817. The fourth-order valence-corrected chi connectivity index (χ4v) is 1.79. The molecule has 5 unspecified atom stereocenters. The Balaban J connectivity index is 3.80. The van der Waals surface area contributed by atoms with Gasteiger partial charge in [-0.2, -0.15) is 0 Å². The smallest absolute Gasteiger partial charge is 0.0589 e. The summed E-state index contributed by atoms with van der Waals surface area (Å²) in [4.78, 5) is 0. The second kappa shape index (κ2) is 8.83. The van der Waals surface area contributed by atoms with E-state index in [1.54, 1.807) is 6.92 Å². The Morgan fingerprint density at radius 1 is 0.647 bits per heavy atom. The van der Waals surface area contributed by atoms with Crippen LogP contribution in [-0.2, 0) is 0 Å². The van der Waals surface area contributed by atoms with Crippen molar-refractivity contribution in [2.45, 2.75) is 76.5 Å². The van der Waals surface area contributed by atoms with E-state index in [9.17, 15) is 20.4 Å². The minimum Gasteiger partial charge on any atom is -0.393 e. The zero-order valence-electron chi connectivity index (χ0n) is 10.7. The predicted molar refractivity (Wildman–Crippen MR) is 64.5 cm³/mol. The van der Waals surface area contributed by atoms with Crippen LogP contribution in [-0.4, -0.2) is 56.1 Å². The molecule has 0 radical (unpaired) electrons. The predicted octanol–water partition coefficient (Wildman–Crippen LogP) is -0.219. The lowest BCUT2D eigenvalue weighted by Gasteiger charge is -2.20. The summed E-state index contributed by atoms with van der Waals surface area (Å²) in [5.74, 6) is 0. The topological polar surface area (TPSA) is 101 Å². The molecule has 0 aliphatic heterocycles. The van der Waals surface area contributed by atoms with Gasteiger partial charge in [-0.05, 0) is 39.0 Å². The molecule has 104 valence electrons. The molecule has 5 atom stereocenters. The Morgan fingerprint density at radius 3 is 1.35 bits per heavy atom. The van der Waals surface area contributed by atoms with Crippen LogP contribution in [0.25, 0.3) is 0 Å². The third-order valence-corrected chi connectivity index (χ3v) is 2.72. The number of aliphatic hydroxyl groups is 5. The number of hydrogen-bond acceptors (Lipinski definition) is 5. The largest absolute Gasteiger partial charge is 0.393 e. The van der Waals surface area contributed by atoms with Gasteiger partial charge >= 0.3 is 0 Å². The molecule has 5 heteroatoms. The molecule has 0 aromatic heterocycles. The van der Waals surface area contributed by atoms with E-state index in [0.717, 1.165) is 0 Å². The van der Waals surface area contributed by atoms with Crippen molar-refractivity contribution in [1.29, 1.82) is 0 Å². The highest BCUT2D eigenvalue weighted by Crippen LogP contribution is 2.13. The van der Waals surface area contributed by atoms with Gasteiger partial charge in [-0.3, -0.25) is 0 Å². The molecule has 5 N–H and O–H groups in total. The Morgan fingerprint density at radius 2 is 1.00 bits per heavy atom. The molecule has 0 saturated carbocycles. The standard InChI is InChI=1S/C12H26O5/c1-3-9(14)5-11(16)7-12(17)6-10(15)4-8(2)13/h8-17H,3-7H2,1-2H3. The number of rotatable bonds is 9. The van der Waals surface area contributed by atoms with E-state index in [1.807, 2.05) is 6.92 Å². The van der Waals surface area contributed by atoms with Crippen LogP contribution in [0.5, 0.6) is 0 Å². The van der Waals surface area contributed by atoms with Crippen molar-refractivity contribution in [1.82, 2.24) is 0 Å². The third kappa shape index (κ3) is 9.50. The highest BCUT2D eigenvalue weighted by Gasteiger charge is 2.18. The summed E-state index contributed by atoms with van der Waals surface area (Å²) in [6, 6.07) is 0. The van der Waals surface area contributed by atoms with Gasteiger partial charge in [0.05, 0.1) is 30.5 Å². The van der Waals surface area contributed by atoms with Gasteiger partial charge in [0.2, 0.25) is 0 Å². The fraction of sp³-hybridized carbons (Fsp3) is 1.00. The lowest BCUT2D eigenvalue weighted by molar-refractivity contribution is 0.00839. The van der Waals surface area contributed by atoms with Crippen molar-refractivity contribution >= 4 is 0 Å². The van der Waals surface area contributed by atoms with Crippen LogP contribution >= 0.6 is 0 Å². The summed E-state index contributed by atoms with van der Waals surface area (Å²) in [7, 11) is 0. The molecule has 0 amide bonds. The summed E-state index contributed by atoms with van der Waals surface area (Å²) >= 11 is 0. The summed E-state index contributed by atoms with van der Waals surface area (Å²) in [5.41, 5.74) is 0. The van der Waals surface area contributed by atoms with E-state index in [2.05, 4.69) is 0 Å². The second-order valence-corrected chi connectivity index (χ2v) is 4.82. The quantitative estimate of drug-likeness (QED) is 0.389. The molecule has 0 fully saturated rings. The van der Waals surface area contributed by atoms with Crippen LogP contribution in [0.1, 0.15) is 46.0 Å². The first-order chi connectivity index (χ1) is 7.85. The van der Waals surface area contributed by atoms with E-state index < -0.39 is 30.5 Å². The molecule has 0 aromatic rings. The van der Waals surface area contributed by atoms with Gasteiger partial charge in [0.25, 0.3) is 0 Å². The molecule has 5 nitrogen and oxygen atoms in total. The maximum Gasteiger partial charge on any atom is 0.0589 e. The molecule has 0 heterocycles. The lowest BCUT2D eigenvalue weighted by Crippen LogP contribution is -2.27. The van der Waals surface area contributed by atoms with Crippen molar-refractivity contribution in [2.24, 2.45) is 0 Å². The van der Waals surface area contributed by atoms with Gasteiger partial charge in [-0.25, -0.2) is 0 Å². The fourth-order valence-electron chi connectivity index (χ4n) is 1.79. The van der Waals surface area contributed by atoms with Crippen molar-refractivity contribution in [3.05, 3.63) is 0 Å². The van der Waals surface area contributed by atoms with Gasteiger partial charge in [-0.15, -0.1) is 0 Å². The third-order valence-electron chi connectivity index (χ3n) is 2.72. The van der Waals surface area contributed by atoms with Crippen molar-refractivity contribution < 1.29 is 25.5 Å². The maximum atomic E-state index is 9.61. The monoisotopic (exact) mass is 250 g/mol. The second-order valence-electron chi connectivity index (χ2n) is 4.82. The van der Waals surface area contributed by atoms with Crippen LogP contribution in [0, 0.1) is 0 Å². The molecule has 0 aliphatic rings. The first kappa shape index (κ1) is 16.8. The zero-order valence-corrected chi connectivity index (χ0v) is 10.7. The first-order valence-electron chi connectivity index (χ1n) is 6.25. The molecular weight excluding hydrogens is 224 g/mol.